The van der Waals surface area contributed by atoms with E-state index in [9.17, 15) is 4.79 Å². The van der Waals surface area contributed by atoms with E-state index in [0.29, 0.717) is 5.69 Å². The minimum atomic E-state index is -3.24. The lowest BCUT2D eigenvalue weighted by Crippen LogP contribution is -2.41. The van der Waals surface area contributed by atoms with Crippen LogP contribution in [0.25, 0.3) is 20.2 Å². The molecule has 7 aromatic rings. The fraction of sp³-hybridized carbons (Fsp3) is 0.0263. The van der Waals surface area contributed by atoms with E-state index in [4.69, 9.17) is 4.74 Å². The van der Waals surface area contributed by atoms with Crippen molar-refractivity contribution in [2.75, 3.05) is 5.32 Å². The van der Waals surface area contributed by atoms with Crippen LogP contribution in [0.1, 0.15) is 16.7 Å². The molecule has 0 atom stereocenters. The van der Waals surface area contributed by atoms with E-state index in [0.717, 1.165) is 52.8 Å². The van der Waals surface area contributed by atoms with Crippen molar-refractivity contribution in [1.29, 1.82) is 0 Å². The summed E-state index contributed by atoms with van der Waals surface area (Å²) in [6, 6.07) is 49.4. The number of carbonyl (C=O) groups excluding carboxylic acids is 1. The number of anilines is 1. The van der Waals surface area contributed by atoms with Gasteiger partial charge in [0.2, 0.25) is 0 Å². The van der Waals surface area contributed by atoms with Crippen molar-refractivity contribution in [3.8, 4) is 0 Å². The smallest absolute Gasteiger partial charge is 0.413 e. The van der Waals surface area contributed by atoms with Gasteiger partial charge in [0, 0.05) is 48.1 Å². The Kier molecular flexibility index (Phi) is 6.26. The molecule has 0 unspecified atom stereocenters. The molecule has 6 heteroatoms. The van der Waals surface area contributed by atoms with E-state index in [2.05, 4.69) is 23.5 Å². The number of benzene rings is 6. The predicted molar refractivity (Wildman–Crippen MR) is 182 cm³/mol. The number of hydrogen-bond acceptors (Lipinski definition) is 4. The Balaban J connectivity index is 1.44. The highest BCUT2D eigenvalue weighted by molar-refractivity contribution is 7.86. The Morgan fingerprint density at radius 3 is 1.66 bits per heavy atom. The Morgan fingerprint density at radius 1 is 0.568 bits per heavy atom. The molecule has 4 nitrogen and oxygen atoms in total. The van der Waals surface area contributed by atoms with Gasteiger partial charge < -0.3 is 9.30 Å². The third-order valence-electron chi connectivity index (χ3n) is 8.44. The standard InChI is InChI=1S/C38H26NO3PS/c40-37-39-34-32(38(42-37,26-14-5-1-6-15-26)27-16-7-2-8-17-27)25-24-31-30-22-13-23-33(35(30)44-36(31)34)43(41,28-18-9-3-10-19-28)29-20-11-4-12-21-29/h1-25H,(H,39,40). The van der Waals surface area contributed by atoms with Gasteiger partial charge in [0.05, 0.1) is 10.4 Å². The molecule has 0 bridgehead atoms. The highest BCUT2D eigenvalue weighted by Gasteiger charge is 2.46. The van der Waals surface area contributed by atoms with Gasteiger partial charge in [0.25, 0.3) is 0 Å². The number of carbonyl (C=O) groups is 1. The van der Waals surface area contributed by atoms with Crippen molar-refractivity contribution >= 4 is 66.3 Å². The summed E-state index contributed by atoms with van der Waals surface area (Å²) in [5.74, 6) is 0. The fourth-order valence-corrected chi connectivity index (χ4v) is 11.0. The van der Waals surface area contributed by atoms with E-state index in [1.54, 1.807) is 11.3 Å². The van der Waals surface area contributed by atoms with Crippen LogP contribution in [0.3, 0.4) is 0 Å². The zero-order chi connectivity index (χ0) is 29.7. The van der Waals surface area contributed by atoms with Crippen molar-refractivity contribution in [3.05, 3.63) is 168 Å². The van der Waals surface area contributed by atoms with Crippen LogP contribution in [0, 0.1) is 0 Å². The number of ether oxygens (including phenoxy) is 1. The number of amides is 1. The zero-order valence-electron chi connectivity index (χ0n) is 23.5. The number of nitrogens with one attached hydrogen (secondary N) is 1. The minimum absolute atomic E-state index is 0.519. The quantitative estimate of drug-likeness (QED) is 0.200. The number of rotatable bonds is 5. The maximum Gasteiger partial charge on any atom is 0.413 e. The lowest BCUT2D eigenvalue weighted by molar-refractivity contribution is 0.0741. The van der Waals surface area contributed by atoms with Crippen molar-refractivity contribution in [2.24, 2.45) is 0 Å². The van der Waals surface area contributed by atoms with Crippen molar-refractivity contribution in [1.82, 2.24) is 0 Å². The highest BCUT2D eigenvalue weighted by atomic mass is 32.1. The summed E-state index contributed by atoms with van der Waals surface area (Å²) in [6.45, 7) is 0. The van der Waals surface area contributed by atoms with Crippen LogP contribution in [0.5, 0.6) is 0 Å². The first-order chi connectivity index (χ1) is 21.6. The van der Waals surface area contributed by atoms with Gasteiger partial charge in [0.15, 0.2) is 12.7 Å². The lowest BCUT2D eigenvalue weighted by atomic mass is 9.78. The van der Waals surface area contributed by atoms with Crippen LogP contribution < -0.4 is 21.2 Å². The number of cyclic esters (lactones) is 1. The van der Waals surface area contributed by atoms with E-state index >= 15 is 4.57 Å². The maximum atomic E-state index is 15.4. The second-order valence-electron chi connectivity index (χ2n) is 10.8. The average molecular weight is 608 g/mol. The molecule has 1 N–H and O–H groups in total. The van der Waals surface area contributed by atoms with Gasteiger partial charge >= 0.3 is 6.09 Å². The molecule has 0 fully saturated rings. The SMILES string of the molecule is O=C1Nc2c(ccc3c2sc2c(P(=O)(c4ccccc4)c4ccccc4)cccc23)C(c2ccccc2)(c2ccccc2)O1. The molecule has 1 aliphatic rings. The third kappa shape index (κ3) is 3.90. The summed E-state index contributed by atoms with van der Waals surface area (Å²) < 4.78 is 23.6. The van der Waals surface area contributed by atoms with Crippen molar-refractivity contribution < 1.29 is 14.1 Å². The van der Waals surface area contributed by atoms with Gasteiger partial charge in [-0.2, -0.15) is 0 Å². The van der Waals surface area contributed by atoms with E-state index < -0.39 is 18.8 Å². The first-order valence-electron chi connectivity index (χ1n) is 14.4. The molecule has 0 spiro atoms. The molecule has 0 saturated heterocycles. The predicted octanol–water partition coefficient (Wildman–Crippen LogP) is 8.55. The van der Waals surface area contributed by atoms with Crippen LogP contribution in [0.15, 0.2) is 152 Å². The molecule has 6 aromatic carbocycles. The Labute approximate surface area is 259 Å². The van der Waals surface area contributed by atoms with Gasteiger partial charge in [-0.3, -0.25) is 5.32 Å². The molecule has 212 valence electrons. The summed E-state index contributed by atoms with van der Waals surface area (Å²) in [5, 5.41) is 7.42. The molecule has 8 rings (SSSR count). The van der Waals surface area contributed by atoms with Crippen LogP contribution in [-0.2, 0) is 14.9 Å². The first-order valence-corrected chi connectivity index (χ1v) is 16.9. The Hall–Kier alpha value is -4.96. The van der Waals surface area contributed by atoms with Crippen molar-refractivity contribution in [3.63, 3.8) is 0 Å². The van der Waals surface area contributed by atoms with Gasteiger partial charge in [-0.05, 0) is 6.07 Å². The molecule has 0 aliphatic carbocycles. The summed E-state index contributed by atoms with van der Waals surface area (Å²) in [6.07, 6.45) is -0.519. The monoisotopic (exact) mass is 607 g/mol. The fourth-order valence-electron chi connectivity index (χ4n) is 6.48. The Morgan fingerprint density at radius 2 is 1.09 bits per heavy atom. The molecule has 1 aromatic heterocycles. The summed E-state index contributed by atoms with van der Waals surface area (Å²) in [7, 11) is -3.24. The van der Waals surface area contributed by atoms with Crippen LogP contribution in [0.4, 0.5) is 10.5 Å². The second-order valence-corrected chi connectivity index (χ2v) is 14.6. The molecule has 1 aliphatic heterocycles. The van der Waals surface area contributed by atoms with Crippen molar-refractivity contribution in [2.45, 2.75) is 5.60 Å². The van der Waals surface area contributed by atoms with Gasteiger partial charge in [0.1, 0.15) is 0 Å². The number of hydrogen-bond donors (Lipinski definition) is 1. The molecule has 44 heavy (non-hydrogen) atoms. The van der Waals surface area contributed by atoms with Gasteiger partial charge in [-0.15, -0.1) is 11.3 Å². The van der Waals surface area contributed by atoms with Gasteiger partial charge in [-0.1, -0.05) is 146 Å². The molecule has 2 heterocycles. The molecule has 0 radical (unpaired) electrons. The van der Waals surface area contributed by atoms with Crippen LogP contribution in [0.2, 0.25) is 0 Å². The van der Waals surface area contributed by atoms with Gasteiger partial charge in [-0.25, -0.2) is 4.79 Å². The highest BCUT2D eigenvalue weighted by Crippen LogP contribution is 2.52. The molecular weight excluding hydrogens is 581 g/mol. The number of thiophene rings is 1. The molecule has 1 amide bonds. The summed E-state index contributed by atoms with van der Waals surface area (Å²) >= 11 is 1.57. The normalized spacial score (nSPS) is 14.1. The number of fused-ring (bicyclic) bond motifs is 5. The largest absolute Gasteiger partial charge is 0.428 e. The third-order valence-corrected chi connectivity index (χ3v) is 13.0. The second kappa shape index (κ2) is 10.3. The first kappa shape index (κ1) is 26.7. The lowest BCUT2D eigenvalue weighted by Gasteiger charge is -2.39. The van der Waals surface area contributed by atoms with E-state index in [1.165, 1.54) is 0 Å². The average Bonchev–Trinajstić information content (AvgIpc) is 3.49. The summed E-state index contributed by atoms with van der Waals surface area (Å²) in [5.41, 5.74) is 2.15. The van der Waals surface area contributed by atoms with Crippen LogP contribution in [-0.4, -0.2) is 6.09 Å². The van der Waals surface area contributed by atoms with E-state index in [1.807, 2.05) is 133 Å². The zero-order valence-corrected chi connectivity index (χ0v) is 25.2. The minimum Gasteiger partial charge on any atom is -0.428 e. The molecular formula is C38H26NO3PS. The topological polar surface area (TPSA) is 55.4 Å². The molecule has 0 saturated carbocycles. The maximum absolute atomic E-state index is 15.4. The van der Waals surface area contributed by atoms with E-state index in [-0.39, 0.29) is 0 Å². The van der Waals surface area contributed by atoms with Crippen LogP contribution >= 0.6 is 18.5 Å². The Bertz CT molecular complexity index is 2130. The summed E-state index contributed by atoms with van der Waals surface area (Å²) in [4.78, 5) is 13.5.